The van der Waals surface area contributed by atoms with Gasteiger partial charge in [0.1, 0.15) is 0 Å². The summed E-state index contributed by atoms with van der Waals surface area (Å²) in [4.78, 5) is 15.0. The highest BCUT2D eigenvalue weighted by Gasteiger charge is 2.29. The molecule has 1 aliphatic heterocycles. The topological polar surface area (TPSA) is 82.9 Å². The smallest absolute Gasteiger partial charge is 0.326 e. The largest absolute Gasteiger partial charge is 0.387 e. The van der Waals surface area contributed by atoms with Crippen molar-refractivity contribution in [3.63, 3.8) is 0 Å². The Morgan fingerprint density at radius 2 is 2.40 bits per heavy atom. The highest BCUT2D eigenvalue weighted by atomic mass is 32.1. The molecule has 0 radical (unpaired) electrons. The van der Waals surface area contributed by atoms with E-state index in [1.807, 2.05) is 24.4 Å². The van der Waals surface area contributed by atoms with E-state index in [9.17, 15) is 9.90 Å². The van der Waals surface area contributed by atoms with Gasteiger partial charge < -0.3 is 15.4 Å². The lowest BCUT2D eigenvalue weighted by Gasteiger charge is -2.26. The highest BCUT2D eigenvalue weighted by Crippen LogP contribution is 2.30. The van der Waals surface area contributed by atoms with Crippen molar-refractivity contribution < 1.29 is 5.11 Å². The van der Waals surface area contributed by atoms with Gasteiger partial charge in [0.15, 0.2) is 0 Å². The lowest BCUT2D eigenvalue weighted by atomic mass is 9.98. The van der Waals surface area contributed by atoms with Crippen molar-refractivity contribution in [2.24, 2.45) is 0 Å². The van der Waals surface area contributed by atoms with Gasteiger partial charge in [0.05, 0.1) is 17.1 Å². The number of aliphatic hydroxyl groups excluding tert-OH is 1. The molecule has 3 heterocycles. The van der Waals surface area contributed by atoms with Crippen LogP contribution in [0.3, 0.4) is 0 Å². The SMILES string of the molecule is CC(CCc1cnsc1)N[C@@H]1CCn2c(=O)[nH]c3cccc(c32)[C@H]1O. The van der Waals surface area contributed by atoms with Crippen molar-refractivity contribution in [1.29, 1.82) is 0 Å². The van der Waals surface area contributed by atoms with Crippen LogP contribution in [0.5, 0.6) is 0 Å². The summed E-state index contributed by atoms with van der Waals surface area (Å²) in [5.74, 6) is 0. The summed E-state index contributed by atoms with van der Waals surface area (Å²) < 4.78 is 5.88. The van der Waals surface area contributed by atoms with Crippen LogP contribution in [-0.4, -0.2) is 31.1 Å². The van der Waals surface area contributed by atoms with Crippen molar-refractivity contribution >= 4 is 22.6 Å². The maximum atomic E-state index is 12.2. The first-order valence-corrected chi connectivity index (χ1v) is 9.51. The number of hydrogen-bond donors (Lipinski definition) is 3. The zero-order chi connectivity index (χ0) is 17.4. The maximum absolute atomic E-state index is 12.2. The maximum Gasteiger partial charge on any atom is 0.326 e. The van der Waals surface area contributed by atoms with Crippen LogP contribution in [0.1, 0.15) is 37.0 Å². The molecule has 1 unspecified atom stereocenters. The van der Waals surface area contributed by atoms with E-state index in [2.05, 4.69) is 27.0 Å². The number of H-pyrrole nitrogens is 1. The van der Waals surface area contributed by atoms with E-state index in [1.165, 1.54) is 17.1 Å². The van der Waals surface area contributed by atoms with E-state index < -0.39 is 6.10 Å². The molecule has 0 amide bonds. The Labute approximate surface area is 149 Å². The van der Waals surface area contributed by atoms with Gasteiger partial charge in [0.25, 0.3) is 0 Å². The van der Waals surface area contributed by atoms with Gasteiger partial charge in [-0.15, -0.1) is 0 Å². The monoisotopic (exact) mass is 358 g/mol. The third kappa shape index (κ3) is 3.15. The summed E-state index contributed by atoms with van der Waals surface area (Å²) in [5.41, 5.74) is 3.60. The Balaban J connectivity index is 1.51. The molecule has 3 aromatic rings. The first-order chi connectivity index (χ1) is 12.1. The molecule has 4 rings (SSSR count). The number of aromatic nitrogens is 3. The van der Waals surface area contributed by atoms with E-state index in [-0.39, 0.29) is 17.8 Å². The van der Waals surface area contributed by atoms with Gasteiger partial charge in [0.2, 0.25) is 0 Å². The number of nitrogens with zero attached hydrogens (tertiary/aromatic N) is 2. The predicted octanol–water partition coefficient (Wildman–Crippen LogP) is 2.20. The number of para-hydroxylation sites is 1. The van der Waals surface area contributed by atoms with Crippen LogP contribution in [0.2, 0.25) is 0 Å². The van der Waals surface area contributed by atoms with E-state index in [4.69, 9.17) is 0 Å². The average molecular weight is 358 g/mol. The van der Waals surface area contributed by atoms with Crippen LogP contribution in [-0.2, 0) is 13.0 Å². The van der Waals surface area contributed by atoms with Gasteiger partial charge in [-0.1, -0.05) is 12.1 Å². The number of rotatable bonds is 5. The van der Waals surface area contributed by atoms with Crippen molar-refractivity contribution in [3.05, 3.63) is 51.4 Å². The molecular formula is C18H22N4O2S. The molecule has 7 heteroatoms. The molecule has 1 aromatic carbocycles. The second-order valence-electron chi connectivity index (χ2n) is 6.80. The van der Waals surface area contributed by atoms with E-state index >= 15 is 0 Å². The first kappa shape index (κ1) is 16.5. The number of nitrogens with one attached hydrogen (secondary N) is 2. The van der Waals surface area contributed by atoms with Crippen LogP contribution in [0.4, 0.5) is 0 Å². The lowest BCUT2D eigenvalue weighted by Crippen LogP contribution is -2.41. The zero-order valence-corrected chi connectivity index (χ0v) is 14.9. The first-order valence-electron chi connectivity index (χ1n) is 8.67. The third-order valence-corrected chi connectivity index (χ3v) is 5.67. The fourth-order valence-electron chi connectivity index (χ4n) is 3.70. The highest BCUT2D eigenvalue weighted by molar-refractivity contribution is 7.03. The van der Waals surface area contributed by atoms with Crippen molar-refractivity contribution in [2.45, 2.75) is 50.9 Å². The van der Waals surface area contributed by atoms with Crippen LogP contribution in [0, 0.1) is 0 Å². The molecular weight excluding hydrogens is 336 g/mol. The molecule has 0 fully saturated rings. The van der Waals surface area contributed by atoms with Crippen LogP contribution >= 0.6 is 11.5 Å². The van der Waals surface area contributed by atoms with Gasteiger partial charge in [0, 0.05) is 35.8 Å². The van der Waals surface area contributed by atoms with Crippen LogP contribution in [0.15, 0.2) is 34.6 Å². The molecule has 0 aliphatic carbocycles. The lowest BCUT2D eigenvalue weighted by molar-refractivity contribution is 0.119. The van der Waals surface area contributed by atoms with Gasteiger partial charge in [-0.3, -0.25) is 4.57 Å². The number of aryl methyl sites for hydroxylation is 2. The van der Waals surface area contributed by atoms with E-state index in [1.54, 1.807) is 4.57 Å². The summed E-state index contributed by atoms with van der Waals surface area (Å²) in [6, 6.07) is 5.89. The summed E-state index contributed by atoms with van der Waals surface area (Å²) in [7, 11) is 0. The van der Waals surface area contributed by atoms with Gasteiger partial charge in [-0.05, 0) is 49.3 Å². The molecule has 3 atom stereocenters. The number of hydrogen-bond acceptors (Lipinski definition) is 5. The molecule has 132 valence electrons. The van der Waals surface area contributed by atoms with Crippen molar-refractivity contribution in [3.8, 4) is 0 Å². The number of aliphatic hydroxyl groups is 1. The summed E-state index contributed by atoms with van der Waals surface area (Å²) in [5, 5.41) is 16.6. The Hall–Kier alpha value is -1.96. The molecule has 2 aromatic heterocycles. The normalized spacial score (nSPS) is 21.4. The minimum Gasteiger partial charge on any atom is -0.387 e. The quantitative estimate of drug-likeness (QED) is 0.653. The molecule has 6 nitrogen and oxygen atoms in total. The molecule has 1 aliphatic rings. The molecule has 0 bridgehead atoms. The van der Waals surface area contributed by atoms with Crippen LogP contribution in [0.25, 0.3) is 11.0 Å². The second kappa shape index (κ2) is 6.74. The van der Waals surface area contributed by atoms with E-state index in [0.29, 0.717) is 13.0 Å². The molecule has 0 saturated heterocycles. The Kier molecular flexibility index (Phi) is 4.45. The molecule has 0 spiro atoms. The van der Waals surface area contributed by atoms with Crippen molar-refractivity contribution in [2.75, 3.05) is 0 Å². The summed E-state index contributed by atoms with van der Waals surface area (Å²) >= 11 is 1.48. The number of benzene rings is 1. The Morgan fingerprint density at radius 3 is 3.20 bits per heavy atom. The molecule has 3 N–H and O–H groups in total. The molecule has 0 saturated carbocycles. The van der Waals surface area contributed by atoms with Gasteiger partial charge in [-0.25, -0.2) is 9.17 Å². The third-order valence-electron chi connectivity index (χ3n) is 5.04. The average Bonchev–Trinajstić information content (AvgIpc) is 3.19. The molecule has 25 heavy (non-hydrogen) atoms. The predicted molar refractivity (Wildman–Crippen MR) is 99.0 cm³/mol. The fraction of sp³-hybridized carbons (Fsp3) is 0.444. The minimum absolute atomic E-state index is 0.0690. The summed E-state index contributed by atoms with van der Waals surface area (Å²) in [6.07, 6.45) is 3.96. The standard InChI is InChI=1S/C18H22N4O2S/c1-11(5-6-12-9-19-25-10-12)20-15-7-8-22-16-13(17(15)23)3-2-4-14(16)21-18(22)24/h2-4,9-11,15,17,20,23H,5-8H2,1H3,(H,21,24)/t11?,15-,17-/m1/s1. The minimum atomic E-state index is -0.627. The number of imidazole rings is 1. The fourth-order valence-corrected chi connectivity index (χ4v) is 4.27. The second-order valence-corrected chi connectivity index (χ2v) is 7.46. The van der Waals surface area contributed by atoms with Crippen molar-refractivity contribution in [1.82, 2.24) is 19.2 Å². The zero-order valence-electron chi connectivity index (χ0n) is 14.1. The Morgan fingerprint density at radius 1 is 1.52 bits per heavy atom. The van der Waals surface area contributed by atoms with E-state index in [0.717, 1.165) is 29.4 Å². The van der Waals surface area contributed by atoms with Gasteiger partial charge >= 0.3 is 5.69 Å². The van der Waals surface area contributed by atoms with Crippen LogP contribution < -0.4 is 11.0 Å². The van der Waals surface area contributed by atoms with Gasteiger partial charge in [-0.2, -0.15) is 0 Å². The summed E-state index contributed by atoms with van der Waals surface area (Å²) in [6.45, 7) is 2.75. The Bertz CT molecular complexity index is 915. The number of aromatic amines is 1.